The van der Waals surface area contributed by atoms with Gasteiger partial charge in [-0.2, -0.15) is 0 Å². The van der Waals surface area contributed by atoms with Gasteiger partial charge in [-0.25, -0.2) is 9.97 Å². The molecule has 0 saturated heterocycles. The molecule has 56 valence electrons. The van der Waals surface area contributed by atoms with Gasteiger partial charge in [-0.1, -0.05) is 0 Å². The molecule has 0 N–H and O–H groups in total. The van der Waals surface area contributed by atoms with Gasteiger partial charge in [0.2, 0.25) is 0 Å². The molecule has 1 aromatic heterocycles. The van der Waals surface area contributed by atoms with Crippen LogP contribution in [0, 0.1) is 5.92 Å². The maximum atomic E-state index is 4.29. The molecule has 1 saturated carbocycles. The second kappa shape index (κ2) is 1.81. The summed E-state index contributed by atoms with van der Waals surface area (Å²) >= 11 is 0. The Morgan fingerprint density at radius 2 is 2.45 bits per heavy atom. The molecule has 2 aliphatic rings. The van der Waals surface area contributed by atoms with Crippen LogP contribution in [0.2, 0.25) is 0 Å². The zero-order valence-corrected chi connectivity index (χ0v) is 6.33. The average molecular weight is 146 g/mol. The summed E-state index contributed by atoms with van der Waals surface area (Å²) in [6, 6.07) is 0. The predicted molar refractivity (Wildman–Crippen MR) is 41.2 cm³/mol. The van der Waals surface area contributed by atoms with E-state index < -0.39 is 0 Å². The lowest BCUT2D eigenvalue weighted by molar-refractivity contribution is 0.647. The Hall–Kier alpha value is -0.920. The van der Waals surface area contributed by atoms with E-state index in [-0.39, 0.29) is 0 Å². The highest BCUT2D eigenvalue weighted by Crippen LogP contribution is 2.53. The normalized spacial score (nSPS) is 32.4. The molecule has 0 aliphatic heterocycles. The van der Waals surface area contributed by atoms with Crippen LogP contribution >= 0.6 is 0 Å². The highest BCUT2D eigenvalue weighted by molar-refractivity contribution is 5.30. The Balaban J connectivity index is 2.14. The Morgan fingerprint density at radius 1 is 1.45 bits per heavy atom. The molecule has 2 aliphatic carbocycles. The van der Waals surface area contributed by atoms with Crippen LogP contribution in [-0.4, -0.2) is 9.97 Å². The molecule has 11 heavy (non-hydrogen) atoms. The van der Waals surface area contributed by atoms with E-state index in [0.29, 0.717) is 0 Å². The van der Waals surface area contributed by atoms with Gasteiger partial charge < -0.3 is 0 Å². The standard InChI is InChI=1S/C9H10N2/c1-2-9-8(4-10-5-11-9)7-3-6(1)7/h4-7H,1-3H2. The molecular formula is C9H10N2. The van der Waals surface area contributed by atoms with Crippen molar-refractivity contribution in [3.63, 3.8) is 0 Å². The van der Waals surface area contributed by atoms with Crippen molar-refractivity contribution < 1.29 is 0 Å². The van der Waals surface area contributed by atoms with Crippen LogP contribution in [0.15, 0.2) is 12.5 Å². The number of aromatic nitrogens is 2. The van der Waals surface area contributed by atoms with E-state index in [4.69, 9.17) is 0 Å². The fourth-order valence-electron chi connectivity index (χ4n) is 2.15. The van der Waals surface area contributed by atoms with Crippen molar-refractivity contribution in [3.8, 4) is 0 Å². The predicted octanol–water partition coefficient (Wildman–Crippen LogP) is 1.53. The number of rotatable bonds is 0. The Morgan fingerprint density at radius 3 is 3.45 bits per heavy atom. The summed E-state index contributed by atoms with van der Waals surface area (Å²) < 4.78 is 0. The molecule has 1 heterocycles. The van der Waals surface area contributed by atoms with Gasteiger partial charge in [0, 0.05) is 11.9 Å². The summed E-state index contributed by atoms with van der Waals surface area (Å²) in [5, 5.41) is 0. The number of hydrogen-bond donors (Lipinski definition) is 0. The topological polar surface area (TPSA) is 25.8 Å². The Bertz CT molecular complexity index is 295. The van der Waals surface area contributed by atoms with Crippen LogP contribution in [-0.2, 0) is 6.42 Å². The van der Waals surface area contributed by atoms with Gasteiger partial charge in [0.05, 0.1) is 0 Å². The third-order valence-electron chi connectivity index (χ3n) is 2.90. The first kappa shape index (κ1) is 5.70. The quantitative estimate of drug-likeness (QED) is 0.554. The van der Waals surface area contributed by atoms with Crippen molar-refractivity contribution in [2.75, 3.05) is 0 Å². The molecule has 0 amide bonds. The van der Waals surface area contributed by atoms with Crippen molar-refractivity contribution in [2.45, 2.75) is 25.2 Å². The zero-order valence-electron chi connectivity index (χ0n) is 6.33. The molecule has 1 fully saturated rings. The Labute approximate surface area is 65.7 Å². The molecule has 0 bridgehead atoms. The Kier molecular flexibility index (Phi) is 0.939. The van der Waals surface area contributed by atoms with Crippen molar-refractivity contribution >= 4 is 0 Å². The highest BCUT2D eigenvalue weighted by atomic mass is 14.8. The molecule has 2 heteroatoms. The summed E-state index contributed by atoms with van der Waals surface area (Å²) in [7, 11) is 0. The van der Waals surface area contributed by atoms with E-state index in [1.54, 1.807) is 6.33 Å². The lowest BCUT2D eigenvalue weighted by Crippen LogP contribution is -2.04. The molecule has 2 atom stereocenters. The highest BCUT2D eigenvalue weighted by Gasteiger charge is 2.42. The van der Waals surface area contributed by atoms with Gasteiger partial charge in [-0.15, -0.1) is 0 Å². The summed E-state index contributed by atoms with van der Waals surface area (Å²) in [5.74, 6) is 1.81. The molecule has 0 radical (unpaired) electrons. The molecular weight excluding hydrogens is 136 g/mol. The van der Waals surface area contributed by atoms with Crippen LogP contribution in [0.3, 0.4) is 0 Å². The van der Waals surface area contributed by atoms with E-state index in [0.717, 1.165) is 11.8 Å². The van der Waals surface area contributed by atoms with Gasteiger partial charge >= 0.3 is 0 Å². The monoisotopic (exact) mass is 146 g/mol. The van der Waals surface area contributed by atoms with Crippen molar-refractivity contribution in [1.29, 1.82) is 0 Å². The van der Waals surface area contributed by atoms with Crippen LogP contribution in [0.1, 0.15) is 30.0 Å². The summed E-state index contributed by atoms with van der Waals surface area (Å²) in [4.78, 5) is 8.35. The molecule has 0 spiro atoms. The summed E-state index contributed by atoms with van der Waals surface area (Å²) in [5.41, 5.74) is 2.74. The van der Waals surface area contributed by atoms with E-state index in [1.807, 2.05) is 6.20 Å². The molecule has 3 rings (SSSR count). The van der Waals surface area contributed by atoms with E-state index in [2.05, 4.69) is 9.97 Å². The number of hydrogen-bond acceptors (Lipinski definition) is 2. The molecule has 0 aromatic carbocycles. The average Bonchev–Trinajstić information content (AvgIpc) is 2.83. The lowest BCUT2D eigenvalue weighted by atomic mass is 9.98. The first-order chi connectivity index (χ1) is 5.45. The van der Waals surface area contributed by atoms with E-state index in [9.17, 15) is 0 Å². The summed E-state index contributed by atoms with van der Waals surface area (Å²) in [6.45, 7) is 0. The minimum absolute atomic E-state index is 0.833. The first-order valence-corrected chi connectivity index (χ1v) is 4.24. The molecule has 2 unspecified atom stereocenters. The SMILES string of the molecule is c1ncc2c(n1)CCC1CC21. The smallest absolute Gasteiger partial charge is 0.115 e. The van der Waals surface area contributed by atoms with Gasteiger partial charge in [0.1, 0.15) is 6.33 Å². The van der Waals surface area contributed by atoms with Gasteiger partial charge in [0.15, 0.2) is 0 Å². The molecule has 2 nitrogen and oxygen atoms in total. The second-order valence-corrected chi connectivity index (χ2v) is 3.57. The van der Waals surface area contributed by atoms with Crippen molar-refractivity contribution in [2.24, 2.45) is 5.92 Å². The fraction of sp³-hybridized carbons (Fsp3) is 0.556. The van der Waals surface area contributed by atoms with Gasteiger partial charge in [-0.05, 0) is 36.7 Å². The minimum Gasteiger partial charge on any atom is -0.245 e. The lowest BCUT2D eigenvalue weighted by Gasteiger charge is -2.11. The van der Waals surface area contributed by atoms with Crippen LogP contribution in [0.4, 0.5) is 0 Å². The first-order valence-electron chi connectivity index (χ1n) is 4.24. The maximum Gasteiger partial charge on any atom is 0.115 e. The van der Waals surface area contributed by atoms with Gasteiger partial charge in [0.25, 0.3) is 0 Å². The second-order valence-electron chi connectivity index (χ2n) is 3.57. The minimum atomic E-state index is 0.833. The van der Waals surface area contributed by atoms with E-state index in [1.165, 1.54) is 30.5 Å². The van der Waals surface area contributed by atoms with Crippen LogP contribution in [0.25, 0.3) is 0 Å². The van der Waals surface area contributed by atoms with Crippen LogP contribution < -0.4 is 0 Å². The maximum absolute atomic E-state index is 4.29. The zero-order chi connectivity index (χ0) is 7.26. The summed E-state index contributed by atoms with van der Waals surface area (Å²) in [6.07, 6.45) is 7.60. The van der Waals surface area contributed by atoms with Crippen LogP contribution in [0.5, 0.6) is 0 Å². The molecule has 1 aromatic rings. The van der Waals surface area contributed by atoms with Gasteiger partial charge in [-0.3, -0.25) is 0 Å². The van der Waals surface area contributed by atoms with Crippen molar-refractivity contribution in [3.05, 3.63) is 23.8 Å². The number of fused-ring (bicyclic) bond motifs is 3. The van der Waals surface area contributed by atoms with E-state index >= 15 is 0 Å². The van der Waals surface area contributed by atoms with Crippen molar-refractivity contribution in [1.82, 2.24) is 9.97 Å². The third-order valence-corrected chi connectivity index (χ3v) is 2.90. The fourth-order valence-corrected chi connectivity index (χ4v) is 2.15. The number of nitrogens with zero attached hydrogens (tertiary/aromatic N) is 2. The largest absolute Gasteiger partial charge is 0.245 e. The number of aryl methyl sites for hydroxylation is 1. The third kappa shape index (κ3) is 0.724.